The third-order valence-corrected chi connectivity index (χ3v) is 2.07. The van der Waals surface area contributed by atoms with Crippen molar-refractivity contribution in [3.8, 4) is 6.07 Å². The van der Waals surface area contributed by atoms with Gasteiger partial charge < -0.3 is 15.7 Å². The van der Waals surface area contributed by atoms with Crippen LogP contribution in [0.2, 0.25) is 0 Å². The number of halogens is 2. The van der Waals surface area contributed by atoms with Gasteiger partial charge in [-0.3, -0.25) is 9.59 Å². The molecule has 0 fully saturated rings. The first-order valence-electron chi connectivity index (χ1n) is 5.26. The van der Waals surface area contributed by atoms with E-state index in [-0.39, 0.29) is 5.69 Å². The van der Waals surface area contributed by atoms with Crippen LogP contribution in [0.1, 0.15) is 0 Å². The number of benzene rings is 1. The van der Waals surface area contributed by atoms with Crippen LogP contribution in [-0.2, 0) is 9.59 Å². The Kier molecular flexibility index (Phi) is 5.17. The molecule has 0 aliphatic heterocycles. The zero-order chi connectivity index (χ0) is 15.1. The van der Waals surface area contributed by atoms with Crippen LogP contribution in [0.5, 0.6) is 0 Å². The molecule has 0 heterocycles. The molecule has 0 radical (unpaired) electrons. The molecule has 0 aliphatic carbocycles. The molecule has 0 saturated carbocycles. The number of carboxylic acid groups (broad SMARTS) is 1. The highest BCUT2D eigenvalue weighted by molar-refractivity contribution is 5.98. The molecule has 6 nitrogen and oxygen atoms in total. The van der Waals surface area contributed by atoms with E-state index in [2.05, 4.69) is 5.32 Å². The number of carbonyl (C=O) groups is 2. The summed E-state index contributed by atoms with van der Waals surface area (Å²) in [6.07, 6.45) is 0.896. The van der Waals surface area contributed by atoms with Gasteiger partial charge in [0.05, 0.1) is 5.69 Å². The Bertz CT molecular complexity index is 608. The molecule has 20 heavy (non-hydrogen) atoms. The van der Waals surface area contributed by atoms with E-state index in [4.69, 9.17) is 10.4 Å². The van der Waals surface area contributed by atoms with Crippen molar-refractivity contribution in [2.24, 2.45) is 0 Å². The first-order chi connectivity index (χ1) is 9.43. The summed E-state index contributed by atoms with van der Waals surface area (Å²) in [5.74, 6) is -3.86. The van der Waals surface area contributed by atoms with Crippen LogP contribution in [0.3, 0.4) is 0 Å². The van der Waals surface area contributed by atoms with E-state index in [9.17, 15) is 18.4 Å². The Morgan fingerprint density at radius 1 is 1.40 bits per heavy atom. The molecule has 8 heteroatoms. The maximum atomic E-state index is 13.3. The molecular formula is C12H9F2N3O3. The third kappa shape index (κ3) is 4.38. The summed E-state index contributed by atoms with van der Waals surface area (Å²) < 4.78 is 25.9. The van der Waals surface area contributed by atoms with E-state index in [1.54, 1.807) is 0 Å². The van der Waals surface area contributed by atoms with Gasteiger partial charge in [0.1, 0.15) is 29.8 Å². The lowest BCUT2D eigenvalue weighted by Gasteiger charge is -2.04. The number of anilines is 1. The van der Waals surface area contributed by atoms with Crippen molar-refractivity contribution < 1.29 is 23.5 Å². The number of aliphatic carboxylic acids is 1. The van der Waals surface area contributed by atoms with Gasteiger partial charge in [-0.1, -0.05) is 0 Å². The molecule has 0 saturated heterocycles. The first-order valence-corrected chi connectivity index (χ1v) is 5.26. The van der Waals surface area contributed by atoms with Crippen LogP contribution in [-0.4, -0.2) is 23.5 Å². The minimum atomic E-state index is -1.27. The van der Waals surface area contributed by atoms with E-state index >= 15 is 0 Å². The predicted molar refractivity (Wildman–Crippen MR) is 64.3 cm³/mol. The quantitative estimate of drug-likeness (QED) is 0.551. The zero-order valence-corrected chi connectivity index (χ0v) is 9.98. The van der Waals surface area contributed by atoms with Crippen LogP contribution in [0.25, 0.3) is 0 Å². The second-order valence-corrected chi connectivity index (χ2v) is 3.51. The molecule has 0 unspecified atom stereocenters. The lowest BCUT2D eigenvalue weighted by Crippen LogP contribution is -2.30. The van der Waals surface area contributed by atoms with Gasteiger partial charge in [0.2, 0.25) is 0 Å². The molecular weight excluding hydrogens is 272 g/mol. The number of amides is 1. The molecule has 104 valence electrons. The lowest BCUT2D eigenvalue weighted by atomic mass is 10.2. The standard InChI is InChI=1S/C12H9F2N3O3/c13-8-1-2-10(9(14)3-8)16-5-7(4-15)12(20)17-6-11(18)19/h1-3,5,16H,6H2,(H,17,20)(H,18,19)/b7-5-. The average molecular weight is 281 g/mol. The van der Waals surface area contributed by atoms with Gasteiger partial charge in [0, 0.05) is 12.3 Å². The highest BCUT2D eigenvalue weighted by Crippen LogP contribution is 2.15. The van der Waals surface area contributed by atoms with Gasteiger partial charge in [0.15, 0.2) is 0 Å². The summed E-state index contributed by atoms with van der Waals surface area (Å²) >= 11 is 0. The molecule has 0 aromatic heterocycles. The Hall–Kier alpha value is -2.95. The highest BCUT2D eigenvalue weighted by Gasteiger charge is 2.10. The van der Waals surface area contributed by atoms with Crippen molar-refractivity contribution in [1.82, 2.24) is 5.32 Å². The molecule has 0 aliphatic rings. The molecule has 1 aromatic rings. The Morgan fingerprint density at radius 2 is 2.10 bits per heavy atom. The molecule has 3 N–H and O–H groups in total. The third-order valence-electron chi connectivity index (χ3n) is 2.07. The van der Waals surface area contributed by atoms with Crippen LogP contribution in [0.15, 0.2) is 30.0 Å². The van der Waals surface area contributed by atoms with Gasteiger partial charge in [-0.25, -0.2) is 8.78 Å². The fraction of sp³-hybridized carbons (Fsp3) is 0.0833. The second kappa shape index (κ2) is 6.84. The monoisotopic (exact) mass is 281 g/mol. The SMILES string of the molecule is N#C/C(=C/Nc1ccc(F)cc1F)C(=O)NCC(=O)O. The normalized spacial score (nSPS) is 10.6. The minimum absolute atomic E-state index is 0.134. The highest BCUT2D eigenvalue weighted by atomic mass is 19.1. The fourth-order valence-corrected chi connectivity index (χ4v) is 1.16. The number of rotatable bonds is 5. The summed E-state index contributed by atoms with van der Waals surface area (Å²) in [4.78, 5) is 21.6. The maximum Gasteiger partial charge on any atom is 0.322 e. The van der Waals surface area contributed by atoms with Crippen LogP contribution in [0, 0.1) is 23.0 Å². The van der Waals surface area contributed by atoms with Crippen molar-refractivity contribution >= 4 is 17.6 Å². The number of nitrogens with zero attached hydrogens (tertiary/aromatic N) is 1. The minimum Gasteiger partial charge on any atom is -0.480 e. The summed E-state index contributed by atoms with van der Waals surface area (Å²) in [7, 11) is 0. The number of carbonyl (C=O) groups excluding carboxylic acids is 1. The van der Waals surface area contributed by atoms with Crippen molar-refractivity contribution in [2.75, 3.05) is 11.9 Å². The number of nitriles is 1. The second-order valence-electron chi connectivity index (χ2n) is 3.51. The Balaban J connectivity index is 2.77. The van der Waals surface area contributed by atoms with Crippen LogP contribution in [0.4, 0.5) is 14.5 Å². The number of nitrogens with one attached hydrogen (secondary N) is 2. The van der Waals surface area contributed by atoms with E-state index in [0.29, 0.717) is 6.07 Å². The Labute approximate surface area is 112 Å². The summed E-state index contributed by atoms with van der Waals surface area (Å²) in [6, 6.07) is 4.24. The molecule has 0 spiro atoms. The van der Waals surface area contributed by atoms with Crippen LogP contribution >= 0.6 is 0 Å². The summed E-state index contributed by atoms with van der Waals surface area (Å²) in [5.41, 5.74) is -0.583. The van der Waals surface area contributed by atoms with Gasteiger partial charge in [0.25, 0.3) is 5.91 Å². The maximum absolute atomic E-state index is 13.3. The van der Waals surface area contributed by atoms with Gasteiger partial charge in [-0.15, -0.1) is 0 Å². The van der Waals surface area contributed by atoms with Crippen molar-refractivity contribution in [3.63, 3.8) is 0 Å². The molecule has 1 amide bonds. The zero-order valence-electron chi connectivity index (χ0n) is 9.98. The lowest BCUT2D eigenvalue weighted by molar-refractivity contribution is -0.137. The fourth-order valence-electron chi connectivity index (χ4n) is 1.16. The van der Waals surface area contributed by atoms with E-state index in [1.165, 1.54) is 6.07 Å². The first kappa shape index (κ1) is 15.1. The van der Waals surface area contributed by atoms with Crippen molar-refractivity contribution in [1.29, 1.82) is 5.26 Å². The molecule has 1 rings (SSSR count). The van der Waals surface area contributed by atoms with Crippen molar-refractivity contribution in [3.05, 3.63) is 41.6 Å². The van der Waals surface area contributed by atoms with E-state index in [0.717, 1.165) is 18.3 Å². The molecule has 0 bridgehead atoms. The number of hydrogen-bond donors (Lipinski definition) is 3. The predicted octanol–water partition coefficient (Wildman–Crippen LogP) is 0.985. The van der Waals surface area contributed by atoms with E-state index < -0.39 is 35.6 Å². The average Bonchev–Trinajstić information content (AvgIpc) is 2.39. The van der Waals surface area contributed by atoms with Crippen molar-refractivity contribution in [2.45, 2.75) is 0 Å². The van der Waals surface area contributed by atoms with Gasteiger partial charge in [-0.05, 0) is 12.1 Å². The number of hydrogen-bond acceptors (Lipinski definition) is 4. The van der Waals surface area contributed by atoms with E-state index in [1.807, 2.05) is 5.32 Å². The Morgan fingerprint density at radius 3 is 2.65 bits per heavy atom. The molecule has 1 aromatic carbocycles. The smallest absolute Gasteiger partial charge is 0.322 e. The van der Waals surface area contributed by atoms with Gasteiger partial charge >= 0.3 is 5.97 Å². The largest absolute Gasteiger partial charge is 0.480 e. The van der Waals surface area contributed by atoms with Crippen LogP contribution < -0.4 is 10.6 Å². The topological polar surface area (TPSA) is 102 Å². The summed E-state index contributed by atoms with van der Waals surface area (Å²) in [5, 5.41) is 21.4. The summed E-state index contributed by atoms with van der Waals surface area (Å²) in [6.45, 7) is -0.650. The molecule has 0 atom stereocenters. The van der Waals surface area contributed by atoms with Gasteiger partial charge in [-0.2, -0.15) is 5.26 Å². The number of carboxylic acids is 1.